The van der Waals surface area contributed by atoms with Gasteiger partial charge in [0, 0.05) is 11.0 Å². The van der Waals surface area contributed by atoms with Gasteiger partial charge in [-0.15, -0.1) is 0 Å². The molecule has 1 saturated carbocycles. The predicted molar refractivity (Wildman–Crippen MR) is 72.5 cm³/mol. The Hall–Kier alpha value is 0.690. The third kappa shape index (κ3) is 2.36. The van der Waals surface area contributed by atoms with Crippen molar-refractivity contribution in [2.24, 2.45) is 17.3 Å². The number of hydrogen-bond acceptors (Lipinski definition) is 1. The second-order valence-corrected chi connectivity index (χ2v) is 6.61. The lowest BCUT2D eigenvalue weighted by Crippen LogP contribution is -2.38. The van der Waals surface area contributed by atoms with Crippen LogP contribution in [0.25, 0.3) is 0 Å². The number of rotatable bonds is 2. The molecule has 3 atom stereocenters. The van der Waals surface area contributed by atoms with E-state index in [0.29, 0.717) is 11.5 Å². The lowest BCUT2D eigenvalue weighted by atomic mass is 9.64. The first-order chi connectivity index (χ1) is 7.18. The zero-order chi connectivity index (χ0) is 10.9. The van der Waals surface area contributed by atoms with Crippen LogP contribution in [0.2, 0.25) is 0 Å². The standard InChI is InChI=1S/C13H23IO/c1-10(2)11-4-3-5-13(8-11)6-7-15-12(13)9-14/h10-12H,3-9H2,1-2H3. The molecule has 1 heterocycles. The van der Waals surface area contributed by atoms with Crippen LogP contribution in [0.4, 0.5) is 0 Å². The van der Waals surface area contributed by atoms with Crippen LogP contribution in [0.5, 0.6) is 0 Å². The minimum absolute atomic E-state index is 0.555. The lowest BCUT2D eigenvalue weighted by Gasteiger charge is -2.42. The fraction of sp³-hybridized carbons (Fsp3) is 1.00. The summed E-state index contributed by atoms with van der Waals surface area (Å²) >= 11 is 2.50. The van der Waals surface area contributed by atoms with Gasteiger partial charge in [-0.2, -0.15) is 0 Å². The molecule has 1 saturated heterocycles. The third-order valence-corrected chi connectivity index (χ3v) is 5.40. The van der Waals surface area contributed by atoms with Crippen molar-refractivity contribution < 1.29 is 4.74 Å². The Bertz CT molecular complexity index is 217. The van der Waals surface area contributed by atoms with Crippen LogP contribution in [-0.2, 0) is 4.74 Å². The monoisotopic (exact) mass is 322 g/mol. The van der Waals surface area contributed by atoms with Crippen LogP contribution in [0, 0.1) is 17.3 Å². The molecule has 2 heteroatoms. The van der Waals surface area contributed by atoms with Gasteiger partial charge in [0.2, 0.25) is 0 Å². The first-order valence-corrected chi connectivity index (χ1v) is 7.88. The molecule has 0 radical (unpaired) electrons. The van der Waals surface area contributed by atoms with Crippen molar-refractivity contribution in [3.63, 3.8) is 0 Å². The number of ether oxygens (including phenoxy) is 1. The van der Waals surface area contributed by atoms with Crippen molar-refractivity contribution in [3.8, 4) is 0 Å². The van der Waals surface area contributed by atoms with Gasteiger partial charge in [0.25, 0.3) is 0 Å². The van der Waals surface area contributed by atoms with Crippen molar-refractivity contribution in [1.82, 2.24) is 0 Å². The van der Waals surface area contributed by atoms with E-state index in [0.717, 1.165) is 18.4 Å². The highest BCUT2D eigenvalue weighted by molar-refractivity contribution is 14.1. The smallest absolute Gasteiger partial charge is 0.0721 e. The molecular formula is C13H23IO. The minimum atomic E-state index is 0.555. The number of alkyl halides is 1. The molecule has 1 aliphatic heterocycles. The summed E-state index contributed by atoms with van der Waals surface area (Å²) in [5.41, 5.74) is 0.564. The lowest BCUT2D eigenvalue weighted by molar-refractivity contribution is 0.0241. The Morgan fingerprint density at radius 2 is 2.20 bits per heavy atom. The summed E-state index contributed by atoms with van der Waals surface area (Å²) in [6.07, 6.45) is 7.61. The van der Waals surface area contributed by atoms with E-state index in [1.54, 1.807) is 0 Å². The van der Waals surface area contributed by atoms with Crippen LogP contribution in [-0.4, -0.2) is 17.1 Å². The second kappa shape index (κ2) is 4.91. The normalized spacial score (nSPS) is 41.6. The second-order valence-electron chi connectivity index (χ2n) is 5.73. The van der Waals surface area contributed by atoms with Crippen molar-refractivity contribution >= 4 is 22.6 Å². The molecule has 1 aliphatic carbocycles. The topological polar surface area (TPSA) is 9.23 Å². The maximum absolute atomic E-state index is 5.92. The Kier molecular flexibility index (Phi) is 3.98. The summed E-state index contributed by atoms with van der Waals surface area (Å²) < 4.78 is 7.10. The third-order valence-electron chi connectivity index (χ3n) is 4.60. The van der Waals surface area contributed by atoms with Crippen molar-refractivity contribution in [2.75, 3.05) is 11.0 Å². The van der Waals surface area contributed by atoms with Gasteiger partial charge in [-0.3, -0.25) is 0 Å². The highest BCUT2D eigenvalue weighted by Crippen LogP contribution is 2.50. The zero-order valence-electron chi connectivity index (χ0n) is 9.97. The highest BCUT2D eigenvalue weighted by Gasteiger charge is 2.46. The average molecular weight is 322 g/mol. The average Bonchev–Trinajstić information content (AvgIpc) is 2.60. The molecule has 1 nitrogen and oxygen atoms in total. The molecule has 1 spiro atoms. The molecular weight excluding hydrogens is 299 g/mol. The van der Waals surface area contributed by atoms with E-state index in [1.807, 2.05) is 0 Å². The first-order valence-electron chi connectivity index (χ1n) is 6.35. The minimum Gasteiger partial charge on any atom is -0.377 e. The van der Waals surface area contributed by atoms with Crippen LogP contribution in [0.15, 0.2) is 0 Å². The molecule has 0 N–H and O–H groups in total. The maximum Gasteiger partial charge on any atom is 0.0721 e. The van der Waals surface area contributed by atoms with Crippen LogP contribution < -0.4 is 0 Å². The quantitative estimate of drug-likeness (QED) is 0.551. The molecule has 0 aromatic carbocycles. The Morgan fingerprint density at radius 1 is 1.40 bits per heavy atom. The fourth-order valence-electron chi connectivity index (χ4n) is 3.48. The van der Waals surface area contributed by atoms with Gasteiger partial charge in [-0.05, 0) is 36.5 Å². The van der Waals surface area contributed by atoms with Gasteiger partial charge in [0.1, 0.15) is 0 Å². The SMILES string of the molecule is CC(C)C1CCCC2(CCOC2CI)C1. The van der Waals surface area contributed by atoms with E-state index < -0.39 is 0 Å². The number of hydrogen-bond donors (Lipinski definition) is 0. The predicted octanol–water partition coefficient (Wildman–Crippen LogP) is 4.04. The first kappa shape index (κ1) is 12.2. The van der Waals surface area contributed by atoms with Crippen LogP contribution in [0.3, 0.4) is 0 Å². The molecule has 2 rings (SSSR count). The van der Waals surface area contributed by atoms with E-state index in [9.17, 15) is 0 Å². The molecule has 2 aliphatic rings. The summed E-state index contributed by atoms with van der Waals surface area (Å²) in [4.78, 5) is 0. The van der Waals surface area contributed by atoms with Gasteiger partial charge in [-0.25, -0.2) is 0 Å². The fourth-order valence-corrected chi connectivity index (χ4v) is 4.67. The van der Waals surface area contributed by atoms with Crippen molar-refractivity contribution in [1.29, 1.82) is 0 Å². The van der Waals surface area contributed by atoms with Gasteiger partial charge >= 0.3 is 0 Å². The maximum atomic E-state index is 5.92. The molecule has 0 bridgehead atoms. The number of halogens is 1. The van der Waals surface area contributed by atoms with Gasteiger partial charge in [0.05, 0.1) is 6.10 Å². The Morgan fingerprint density at radius 3 is 2.87 bits per heavy atom. The van der Waals surface area contributed by atoms with Crippen LogP contribution in [0.1, 0.15) is 46.0 Å². The van der Waals surface area contributed by atoms with E-state index in [2.05, 4.69) is 36.4 Å². The summed E-state index contributed by atoms with van der Waals surface area (Å²) in [6.45, 7) is 5.79. The van der Waals surface area contributed by atoms with Crippen LogP contribution >= 0.6 is 22.6 Å². The molecule has 3 unspecified atom stereocenters. The molecule has 0 amide bonds. The van der Waals surface area contributed by atoms with E-state index in [-0.39, 0.29) is 0 Å². The Labute approximate surface area is 107 Å². The molecule has 0 aromatic heterocycles. The molecule has 15 heavy (non-hydrogen) atoms. The molecule has 0 aromatic rings. The molecule has 2 fully saturated rings. The summed E-state index contributed by atoms with van der Waals surface area (Å²) in [6, 6.07) is 0. The van der Waals surface area contributed by atoms with Gasteiger partial charge in [0.15, 0.2) is 0 Å². The van der Waals surface area contributed by atoms with E-state index in [4.69, 9.17) is 4.74 Å². The summed E-state index contributed by atoms with van der Waals surface area (Å²) in [5, 5.41) is 0. The van der Waals surface area contributed by atoms with Gasteiger partial charge in [-0.1, -0.05) is 49.3 Å². The Balaban J connectivity index is 2.07. The summed E-state index contributed by atoms with van der Waals surface area (Å²) in [7, 11) is 0. The van der Waals surface area contributed by atoms with E-state index >= 15 is 0 Å². The van der Waals surface area contributed by atoms with Crippen molar-refractivity contribution in [3.05, 3.63) is 0 Å². The zero-order valence-corrected chi connectivity index (χ0v) is 12.1. The molecule has 88 valence electrons. The summed E-state index contributed by atoms with van der Waals surface area (Å²) in [5.74, 6) is 1.81. The van der Waals surface area contributed by atoms with Gasteiger partial charge < -0.3 is 4.74 Å². The highest BCUT2D eigenvalue weighted by atomic mass is 127. The van der Waals surface area contributed by atoms with E-state index in [1.165, 1.54) is 36.5 Å². The largest absolute Gasteiger partial charge is 0.377 e. The van der Waals surface area contributed by atoms with Crippen molar-refractivity contribution in [2.45, 2.75) is 52.1 Å².